The maximum Gasteiger partial charge on any atom is 0.416 e. The Morgan fingerprint density at radius 1 is 0.833 bits per heavy atom. The van der Waals surface area contributed by atoms with Gasteiger partial charge in [-0.1, -0.05) is 43.7 Å². The highest BCUT2D eigenvalue weighted by Crippen LogP contribution is 2.50. The molecule has 3 aromatic carbocycles. The van der Waals surface area contributed by atoms with Crippen LogP contribution < -0.4 is 4.74 Å². The van der Waals surface area contributed by atoms with Gasteiger partial charge in [-0.05, 0) is 103 Å². The van der Waals surface area contributed by atoms with Gasteiger partial charge < -0.3 is 14.9 Å². The second-order valence-corrected chi connectivity index (χ2v) is 12.6. The molecule has 0 aromatic heterocycles. The van der Waals surface area contributed by atoms with E-state index in [1.54, 1.807) is 29.3 Å². The van der Waals surface area contributed by atoms with Gasteiger partial charge in [-0.2, -0.15) is 31.4 Å². The molecule has 48 heavy (non-hydrogen) atoms. The summed E-state index contributed by atoms with van der Waals surface area (Å²) < 4.78 is 88.5. The average molecular weight is 680 g/mol. The van der Waals surface area contributed by atoms with Crippen molar-refractivity contribution >= 4 is 5.97 Å². The number of fused-ring (bicyclic) bond motifs is 2. The van der Waals surface area contributed by atoms with Crippen molar-refractivity contribution in [3.05, 3.63) is 100 Å². The van der Waals surface area contributed by atoms with Gasteiger partial charge in [-0.15, -0.1) is 0 Å². The molecule has 0 amide bonds. The molecular formula is C36H39F6NO5. The summed E-state index contributed by atoms with van der Waals surface area (Å²) in [6.45, 7) is 2.43. The molecule has 2 aliphatic rings. The van der Waals surface area contributed by atoms with Crippen LogP contribution in [0.4, 0.5) is 26.3 Å². The van der Waals surface area contributed by atoms with Crippen LogP contribution in [0.5, 0.6) is 5.75 Å². The smallest absolute Gasteiger partial charge is 0.416 e. The molecular weight excluding hydrogens is 640 g/mol. The molecule has 2 heterocycles. The van der Waals surface area contributed by atoms with Crippen molar-refractivity contribution in [3.63, 3.8) is 0 Å². The standard InChI is InChI=1S/C36H39F6NO5/c1-2-17-47-31-13-6-23(7-14-31)19-24-20-27(36(40,41)42)12-15-32(24)34(46,25-8-10-26(11-9-25)35(37,38)39)28-21-29-4-3-5-30(22-28)43(29)48-18-16-33(44)45/h6-15,20,28-30,46H,2-5,16-19,21-22H2,1H3,(H,44,45). The molecule has 3 aromatic rings. The fourth-order valence-corrected chi connectivity index (χ4v) is 7.08. The van der Waals surface area contributed by atoms with Gasteiger partial charge >= 0.3 is 18.3 Å². The number of hydrogen-bond acceptors (Lipinski definition) is 5. The summed E-state index contributed by atoms with van der Waals surface area (Å²) in [6, 6.07) is 13.8. The number of ether oxygens (including phenoxy) is 1. The predicted octanol–water partition coefficient (Wildman–Crippen LogP) is 8.38. The third-order valence-electron chi connectivity index (χ3n) is 9.34. The highest BCUT2D eigenvalue weighted by Gasteiger charge is 2.50. The Balaban J connectivity index is 1.59. The molecule has 0 saturated carbocycles. The van der Waals surface area contributed by atoms with Crippen LogP contribution in [-0.4, -0.2) is 46.5 Å². The van der Waals surface area contributed by atoms with E-state index in [1.807, 2.05) is 6.92 Å². The number of benzene rings is 3. The van der Waals surface area contributed by atoms with E-state index in [4.69, 9.17) is 14.7 Å². The molecule has 2 fully saturated rings. The summed E-state index contributed by atoms with van der Waals surface area (Å²) in [5, 5.41) is 23.8. The third kappa shape index (κ3) is 7.98. The van der Waals surface area contributed by atoms with Crippen molar-refractivity contribution in [1.29, 1.82) is 0 Å². The number of rotatable bonds is 12. The van der Waals surface area contributed by atoms with Crippen molar-refractivity contribution < 1.29 is 50.9 Å². The lowest BCUT2D eigenvalue weighted by Crippen LogP contribution is -2.56. The minimum atomic E-state index is -4.67. The largest absolute Gasteiger partial charge is 0.494 e. The summed E-state index contributed by atoms with van der Waals surface area (Å²) in [7, 11) is 0. The number of hydrogen-bond donors (Lipinski definition) is 2. The fourth-order valence-electron chi connectivity index (χ4n) is 7.08. The minimum Gasteiger partial charge on any atom is -0.494 e. The minimum absolute atomic E-state index is 0.0141. The normalized spacial score (nSPS) is 21.5. The van der Waals surface area contributed by atoms with Gasteiger partial charge in [-0.3, -0.25) is 9.63 Å². The lowest BCUT2D eigenvalue weighted by Gasteiger charge is -2.52. The van der Waals surface area contributed by atoms with E-state index in [9.17, 15) is 36.2 Å². The number of nitrogens with zero attached hydrogens (tertiary/aromatic N) is 1. The first kappa shape index (κ1) is 35.7. The Bertz CT molecular complexity index is 1530. The maximum absolute atomic E-state index is 14.0. The van der Waals surface area contributed by atoms with Crippen LogP contribution in [0.15, 0.2) is 66.7 Å². The summed E-state index contributed by atoms with van der Waals surface area (Å²) in [5.41, 5.74) is -2.60. The van der Waals surface area contributed by atoms with Crippen LogP contribution in [0.1, 0.15) is 85.3 Å². The number of carboxylic acid groups (broad SMARTS) is 1. The zero-order valence-corrected chi connectivity index (χ0v) is 26.5. The van der Waals surface area contributed by atoms with Crippen molar-refractivity contribution in [2.24, 2.45) is 5.92 Å². The fraction of sp³-hybridized carbons (Fsp3) is 0.472. The van der Waals surface area contributed by atoms with Crippen LogP contribution in [-0.2, 0) is 34.0 Å². The lowest BCUT2D eigenvalue weighted by molar-refractivity contribution is -0.254. The van der Waals surface area contributed by atoms with Crippen LogP contribution in [0.25, 0.3) is 0 Å². The maximum atomic E-state index is 14.0. The highest BCUT2D eigenvalue weighted by atomic mass is 19.4. The van der Waals surface area contributed by atoms with Gasteiger partial charge in [0.15, 0.2) is 0 Å². The first-order chi connectivity index (χ1) is 22.7. The molecule has 2 saturated heterocycles. The monoisotopic (exact) mass is 679 g/mol. The Morgan fingerprint density at radius 2 is 1.42 bits per heavy atom. The average Bonchev–Trinajstić information content (AvgIpc) is 3.03. The van der Waals surface area contributed by atoms with Crippen LogP contribution >= 0.6 is 0 Å². The van der Waals surface area contributed by atoms with E-state index < -0.39 is 41.0 Å². The SMILES string of the molecule is CCCOc1ccc(Cc2cc(C(F)(F)F)ccc2C(O)(c2ccc(C(F)(F)F)cc2)C2CC3CCCC(C2)N3OCCC(=O)O)cc1. The third-order valence-corrected chi connectivity index (χ3v) is 9.34. The van der Waals surface area contributed by atoms with Crippen molar-refractivity contribution in [1.82, 2.24) is 5.06 Å². The number of hydroxylamine groups is 2. The summed E-state index contributed by atoms with van der Waals surface area (Å²) >= 11 is 0. The number of alkyl halides is 6. The Labute approximate surface area is 275 Å². The molecule has 0 radical (unpaired) electrons. The number of aliphatic carboxylic acids is 1. The van der Waals surface area contributed by atoms with E-state index in [1.165, 1.54) is 18.2 Å². The number of carbonyl (C=O) groups is 1. The molecule has 2 N–H and O–H groups in total. The molecule has 3 unspecified atom stereocenters. The molecule has 0 spiro atoms. The quantitative estimate of drug-likeness (QED) is 0.187. The van der Waals surface area contributed by atoms with Gasteiger partial charge in [0.05, 0.1) is 30.8 Å². The highest BCUT2D eigenvalue weighted by molar-refractivity contribution is 5.66. The zero-order chi connectivity index (χ0) is 34.7. The Kier molecular flexibility index (Phi) is 10.8. The Hall–Kier alpha value is -3.61. The van der Waals surface area contributed by atoms with Crippen LogP contribution in [0.2, 0.25) is 0 Å². The molecule has 0 aliphatic carbocycles. The van der Waals surface area contributed by atoms with Gasteiger partial charge in [0.2, 0.25) is 0 Å². The second kappa shape index (κ2) is 14.5. The van der Waals surface area contributed by atoms with Crippen LogP contribution in [0.3, 0.4) is 0 Å². The summed E-state index contributed by atoms with van der Waals surface area (Å²) in [4.78, 5) is 17.0. The van der Waals surface area contributed by atoms with Gasteiger partial charge in [0.25, 0.3) is 0 Å². The van der Waals surface area contributed by atoms with Crippen molar-refractivity contribution in [2.75, 3.05) is 13.2 Å². The molecule has 5 rings (SSSR count). The summed E-state index contributed by atoms with van der Waals surface area (Å²) in [6.07, 6.45) is -5.82. The van der Waals surface area contributed by atoms with Gasteiger partial charge in [-0.25, -0.2) is 0 Å². The van der Waals surface area contributed by atoms with E-state index in [0.29, 0.717) is 43.6 Å². The first-order valence-corrected chi connectivity index (χ1v) is 16.2. The number of aliphatic hydroxyl groups is 1. The number of carboxylic acids is 1. The lowest BCUT2D eigenvalue weighted by atomic mass is 9.66. The predicted molar refractivity (Wildman–Crippen MR) is 165 cm³/mol. The van der Waals surface area contributed by atoms with E-state index >= 15 is 0 Å². The molecule has 2 bridgehead atoms. The van der Waals surface area contributed by atoms with Crippen LogP contribution in [0, 0.1) is 5.92 Å². The number of halogens is 6. The number of piperidine rings is 2. The molecule has 3 atom stereocenters. The zero-order valence-electron chi connectivity index (χ0n) is 26.5. The topological polar surface area (TPSA) is 79.2 Å². The van der Waals surface area contributed by atoms with Crippen molar-refractivity contribution in [2.45, 2.75) is 88.3 Å². The summed E-state index contributed by atoms with van der Waals surface area (Å²) in [5.74, 6) is -1.01. The van der Waals surface area contributed by atoms with E-state index in [0.717, 1.165) is 37.1 Å². The Morgan fingerprint density at radius 3 is 1.98 bits per heavy atom. The second-order valence-electron chi connectivity index (χ2n) is 12.6. The molecule has 6 nitrogen and oxygen atoms in total. The first-order valence-electron chi connectivity index (χ1n) is 16.2. The molecule has 12 heteroatoms. The van der Waals surface area contributed by atoms with Crippen molar-refractivity contribution in [3.8, 4) is 5.75 Å². The van der Waals surface area contributed by atoms with E-state index in [2.05, 4.69) is 0 Å². The molecule has 2 aliphatic heterocycles. The van der Waals surface area contributed by atoms with Gasteiger partial charge in [0.1, 0.15) is 11.4 Å². The van der Waals surface area contributed by atoms with E-state index in [-0.39, 0.29) is 48.2 Å². The molecule has 260 valence electrons. The van der Waals surface area contributed by atoms with Gasteiger partial charge in [0, 0.05) is 12.1 Å².